The van der Waals surface area contributed by atoms with Gasteiger partial charge in [-0.1, -0.05) is 18.2 Å². The average molecular weight is 465 g/mol. The van der Waals surface area contributed by atoms with Crippen molar-refractivity contribution in [3.8, 4) is 0 Å². The van der Waals surface area contributed by atoms with Crippen LogP contribution in [0, 0.1) is 0 Å². The number of pyridine rings is 1. The second-order valence-electron chi connectivity index (χ2n) is 7.04. The number of anilines is 1. The van der Waals surface area contributed by atoms with Crippen LogP contribution in [0.2, 0.25) is 0 Å². The van der Waals surface area contributed by atoms with E-state index in [1.54, 1.807) is 24.3 Å². The van der Waals surface area contributed by atoms with Gasteiger partial charge in [0.25, 0.3) is 15.9 Å². The molecule has 9 nitrogen and oxygen atoms in total. The van der Waals surface area contributed by atoms with Gasteiger partial charge >= 0.3 is 5.97 Å². The monoisotopic (exact) mass is 465 g/mol. The molecule has 4 aromatic rings. The molecular weight excluding hydrogens is 446 g/mol. The van der Waals surface area contributed by atoms with Crippen LogP contribution in [0.4, 0.5) is 5.69 Å². The largest absolute Gasteiger partial charge is 0.472 e. The van der Waals surface area contributed by atoms with Crippen molar-refractivity contribution in [1.82, 2.24) is 10.3 Å². The summed E-state index contributed by atoms with van der Waals surface area (Å²) in [5.41, 5.74) is 1.41. The fourth-order valence-electron chi connectivity index (χ4n) is 3.27. The Bertz CT molecular complexity index is 1430. The van der Waals surface area contributed by atoms with E-state index in [0.29, 0.717) is 22.0 Å². The molecule has 0 bridgehead atoms. The summed E-state index contributed by atoms with van der Waals surface area (Å²) in [6.07, 6.45) is 4.19. The van der Waals surface area contributed by atoms with Crippen LogP contribution in [-0.4, -0.2) is 32.4 Å². The molecule has 2 aromatic heterocycles. The van der Waals surface area contributed by atoms with Crippen LogP contribution in [-0.2, 0) is 21.3 Å². The Balaban J connectivity index is 1.65. The molecule has 168 valence electrons. The number of fused-ring (bicyclic) bond motifs is 1. The number of para-hydroxylation sites is 1. The van der Waals surface area contributed by atoms with Crippen molar-refractivity contribution in [3.05, 3.63) is 90.0 Å². The number of esters is 1. The van der Waals surface area contributed by atoms with E-state index in [-0.39, 0.29) is 28.6 Å². The van der Waals surface area contributed by atoms with Gasteiger partial charge in [0.2, 0.25) is 0 Å². The second-order valence-corrected chi connectivity index (χ2v) is 8.69. The molecule has 33 heavy (non-hydrogen) atoms. The lowest BCUT2D eigenvalue weighted by Gasteiger charge is -2.13. The minimum atomic E-state index is -4.04. The molecule has 0 saturated heterocycles. The minimum absolute atomic E-state index is 0.00104. The van der Waals surface area contributed by atoms with E-state index in [1.165, 1.54) is 56.2 Å². The molecule has 0 atom stereocenters. The van der Waals surface area contributed by atoms with Gasteiger partial charge < -0.3 is 14.5 Å². The van der Waals surface area contributed by atoms with E-state index >= 15 is 0 Å². The number of benzene rings is 2. The lowest BCUT2D eigenvalue weighted by Crippen LogP contribution is -2.22. The van der Waals surface area contributed by atoms with E-state index in [4.69, 9.17) is 9.15 Å². The molecule has 0 aliphatic rings. The number of carbonyl (C=O) groups excluding carboxylic acids is 2. The van der Waals surface area contributed by atoms with Crippen molar-refractivity contribution in [2.24, 2.45) is 0 Å². The Morgan fingerprint density at radius 1 is 1.06 bits per heavy atom. The quantitative estimate of drug-likeness (QED) is 0.401. The lowest BCUT2D eigenvalue weighted by atomic mass is 10.1. The third kappa shape index (κ3) is 4.85. The van der Waals surface area contributed by atoms with Crippen LogP contribution in [0.5, 0.6) is 0 Å². The highest BCUT2D eigenvalue weighted by Gasteiger charge is 2.20. The van der Waals surface area contributed by atoms with Crippen LogP contribution in [0.15, 0.2) is 82.6 Å². The van der Waals surface area contributed by atoms with Gasteiger partial charge in [0.15, 0.2) is 0 Å². The van der Waals surface area contributed by atoms with Gasteiger partial charge in [-0.25, -0.2) is 13.2 Å². The fourth-order valence-corrected chi connectivity index (χ4v) is 4.49. The number of amides is 1. The predicted molar refractivity (Wildman–Crippen MR) is 120 cm³/mol. The summed E-state index contributed by atoms with van der Waals surface area (Å²) >= 11 is 0. The molecule has 2 aromatic carbocycles. The van der Waals surface area contributed by atoms with E-state index in [2.05, 4.69) is 15.0 Å². The highest BCUT2D eigenvalue weighted by atomic mass is 32.2. The third-order valence-electron chi connectivity index (χ3n) is 4.79. The first-order chi connectivity index (χ1) is 15.9. The van der Waals surface area contributed by atoms with Gasteiger partial charge in [-0.3, -0.25) is 14.5 Å². The van der Waals surface area contributed by atoms with Gasteiger partial charge in [-0.15, -0.1) is 0 Å². The molecule has 0 unspecified atom stereocenters. The Kier molecular flexibility index (Phi) is 6.09. The van der Waals surface area contributed by atoms with Crippen LogP contribution in [0.1, 0.15) is 26.3 Å². The summed E-state index contributed by atoms with van der Waals surface area (Å²) in [6.45, 7) is 0.0411. The Morgan fingerprint density at radius 2 is 1.88 bits per heavy atom. The average Bonchev–Trinajstić information content (AvgIpc) is 3.36. The highest BCUT2D eigenvalue weighted by molar-refractivity contribution is 7.93. The third-order valence-corrected chi connectivity index (χ3v) is 6.20. The molecule has 2 heterocycles. The maximum atomic E-state index is 13.2. The van der Waals surface area contributed by atoms with Gasteiger partial charge in [-0.05, 0) is 42.0 Å². The summed E-state index contributed by atoms with van der Waals surface area (Å²) in [5, 5.41) is 3.37. The first-order valence-electron chi connectivity index (χ1n) is 9.76. The molecule has 0 saturated carbocycles. The van der Waals surface area contributed by atoms with Crippen molar-refractivity contribution >= 4 is 38.5 Å². The maximum Gasteiger partial charge on any atom is 0.337 e. The van der Waals surface area contributed by atoms with Gasteiger partial charge in [-0.2, -0.15) is 0 Å². The van der Waals surface area contributed by atoms with E-state index in [0.717, 1.165) is 0 Å². The predicted octanol–water partition coefficient (Wildman–Crippen LogP) is 3.35. The van der Waals surface area contributed by atoms with Gasteiger partial charge in [0, 0.05) is 18.1 Å². The number of nitrogens with zero attached hydrogens (tertiary/aromatic N) is 1. The summed E-state index contributed by atoms with van der Waals surface area (Å²) < 4.78 is 38.5. The number of hydrogen-bond donors (Lipinski definition) is 2. The number of furan rings is 1. The van der Waals surface area contributed by atoms with E-state index in [1.807, 2.05) is 0 Å². The molecule has 4 rings (SSSR count). The van der Waals surface area contributed by atoms with Crippen molar-refractivity contribution in [2.45, 2.75) is 11.4 Å². The zero-order valence-corrected chi connectivity index (χ0v) is 18.3. The standard InChI is InChI=1S/C23H19N3O6S/c1-31-23(28)18-10-15(13-25-22(27)17-7-9-32-14-17)11-19(12-18)26-33(29,30)20-6-2-4-16-5-3-8-24-21(16)20/h2-12,14,26H,13H2,1H3,(H,25,27). The first-order valence-corrected chi connectivity index (χ1v) is 11.2. The number of rotatable bonds is 7. The number of carbonyl (C=O) groups is 2. The number of sulfonamides is 1. The lowest BCUT2D eigenvalue weighted by molar-refractivity contribution is 0.0600. The van der Waals surface area contributed by atoms with Gasteiger partial charge in [0.1, 0.15) is 11.2 Å². The topological polar surface area (TPSA) is 128 Å². The number of methoxy groups -OCH3 is 1. The van der Waals surface area contributed by atoms with Crippen molar-refractivity contribution in [3.63, 3.8) is 0 Å². The first kappa shape index (κ1) is 22.0. The SMILES string of the molecule is COC(=O)c1cc(CNC(=O)c2ccoc2)cc(NS(=O)(=O)c2cccc3cccnc23)c1. The fraction of sp³-hybridized carbons (Fsp3) is 0.0870. The maximum absolute atomic E-state index is 13.2. The molecule has 2 N–H and O–H groups in total. The second kappa shape index (κ2) is 9.13. The minimum Gasteiger partial charge on any atom is -0.472 e. The van der Waals surface area contributed by atoms with Crippen LogP contribution >= 0.6 is 0 Å². The smallest absolute Gasteiger partial charge is 0.337 e. The van der Waals surface area contributed by atoms with E-state index in [9.17, 15) is 18.0 Å². The molecule has 0 fully saturated rings. The van der Waals surface area contributed by atoms with Crippen LogP contribution < -0.4 is 10.0 Å². The molecular formula is C23H19N3O6S. The Morgan fingerprint density at radius 3 is 2.64 bits per heavy atom. The van der Waals surface area contributed by atoms with Crippen molar-refractivity contribution in [2.75, 3.05) is 11.8 Å². The molecule has 1 amide bonds. The zero-order chi connectivity index (χ0) is 23.4. The number of ether oxygens (including phenoxy) is 1. The van der Waals surface area contributed by atoms with Crippen LogP contribution in [0.3, 0.4) is 0 Å². The normalized spacial score (nSPS) is 11.2. The van der Waals surface area contributed by atoms with E-state index < -0.39 is 16.0 Å². The number of nitrogens with one attached hydrogen (secondary N) is 2. The zero-order valence-electron chi connectivity index (χ0n) is 17.4. The summed E-state index contributed by atoms with van der Waals surface area (Å²) in [7, 11) is -2.81. The van der Waals surface area contributed by atoms with Crippen molar-refractivity contribution in [1.29, 1.82) is 0 Å². The Hall–Kier alpha value is -4.18. The van der Waals surface area contributed by atoms with Crippen LogP contribution in [0.25, 0.3) is 10.9 Å². The van der Waals surface area contributed by atoms with Gasteiger partial charge in [0.05, 0.1) is 35.7 Å². The summed E-state index contributed by atoms with van der Waals surface area (Å²) in [5.74, 6) is -1.03. The Labute approximate surface area is 189 Å². The number of hydrogen-bond acceptors (Lipinski definition) is 7. The molecule has 10 heteroatoms. The molecule has 0 radical (unpaired) electrons. The number of aromatic nitrogens is 1. The molecule has 0 spiro atoms. The molecule has 0 aliphatic carbocycles. The summed E-state index contributed by atoms with van der Waals surface area (Å²) in [4.78, 5) is 28.5. The highest BCUT2D eigenvalue weighted by Crippen LogP contribution is 2.25. The molecule has 0 aliphatic heterocycles. The summed E-state index contributed by atoms with van der Waals surface area (Å²) in [6, 6.07) is 14.2. The van der Waals surface area contributed by atoms with Crippen molar-refractivity contribution < 1.29 is 27.2 Å².